The summed E-state index contributed by atoms with van der Waals surface area (Å²) in [6.07, 6.45) is 3.04. The Hall–Kier alpha value is -2.85. The van der Waals surface area contributed by atoms with Crippen LogP contribution in [0.4, 0.5) is 19.0 Å². The van der Waals surface area contributed by atoms with Gasteiger partial charge in [-0.1, -0.05) is 6.08 Å². The number of piperidine rings is 2. The number of aromatic nitrogens is 2. The van der Waals surface area contributed by atoms with Crippen molar-refractivity contribution in [2.75, 3.05) is 31.6 Å². The molecule has 166 valence electrons. The molecule has 1 aromatic rings. The normalized spacial score (nSPS) is 21.7. The number of carboxylic acid groups (broad SMARTS) is 1. The van der Waals surface area contributed by atoms with E-state index in [0.29, 0.717) is 18.8 Å². The molecule has 2 fully saturated rings. The molecule has 0 aromatic carbocycles. The van der Waals surface area contributed by atoms with Crippen molar-refractivity contribution >= 4 is 17.7 Å². The van der Waals surface area contributed by atoms with Crippen molar-refractivity contribution < 1.29 is 32.6 Å². The zero-order valence-electron chi connectivity index (χ0n) is 16.7. The van der Waals surface area contributed by atoms with Gasteiger partial charge in [0.05, 0.1) is 12.6 Å². The fourth-order valence-electron chi connectivity index (χ4n) is 3.87. The van der Waals surface area contributed by atoms with Crippen LogP contribution in [0, 0.1) is 0 Å². The summed E-state index contributed by atoms with van der Waals surface area (Å²) in [5.74, 6) is -1.07. The van der Waals surface area contributed by atoms with E-state index < -0.39 is 12.1 Å². The Morgan fingerprint density at radius 3 is 2.63 bits per heavy atom. The Bertz CT molecular complexity index is 770. The molecule has 3 rings (SSSR count). The van der Waals surface area contributed by atoms with Gasteiger partial charge in [0.25, 0.3) is 0 Å². The van der Waals surface area contributed by atoms with Gasteiger partial charge in [0.15, 0.2) is 0 Å². The first kappa shape index (κ1) is 23.4. The van der Waals surface area contributed by atoms with Crippen molar-refractivity contribution in [1.29, 1.82) is 0 Å². The van der Waals surface area contributed by atoms with E-state index in [4.69, 9.17) is 14.6 Å². The minimum atomic E-state index is -5.08. The van der Waals surface area contributed by atoms with Crippen molar-refractivity contribution in [3.63, 3.8) is 0 Å². The summed E-state index contributed by atoms with van der Waals surface area (Å²) in [6, 6.07) is 1.86. The lowest BCUT2D eigenvalue weighted by Crippen LogP contribution is -2.62. The van der Waals surface area contributed by atoms with Crippen molar-refractivity contribution in [2.24, 2.45) is 0 Å². The highest BCUT2D eigenvalue weighted by Gasteiger charge is 2.44. The van der Waals surface area contributed by atoms with Crippen molar-refractivity contribution in [2.45, 2.75) is 43.8 Å². The number of alkyl halides is 3. The number of hydrogen-bond donors (Lipinski definition) is 1. The van der Waals surface area contributed by atoms with Crippen LogP contribution in [-0.4, -0.2) is 70.3 Å². The second-order valence-corrected chi connectivity index (χ2v) is 7.12. The molecule has 1 amide bonds. The number of carbonyl (C=O) groups is 2. The summed E-state index contributed by atoms with van der Waals surface area (Å²) in [7, 11) is 1.61. The molecular weight excluding hydrogens is 405 g/mol. The minimum Gasteiger partial charge on any atom is -0.481 e. The maximum absolute atomic E-state index is 12.4. The van der Waals surface area contributed by atoms with E-state index in [1.54, 1.807) is 7.11 Å². The molecule has 1 spiro atoms. The first-order valence-electron chi connectivity index (χ1n) is 9.45. The molecular formula is C19H25F3N4O4. The maximum Gasteiger partial charge on any atom is 0.490 e. The molecule has 1 unspecified atom stereocenters. The highest BCUT2D eigenvalue weighted by atomic mass is 19.4. The second kappa shape index (κ2) is 9.77. The van der Waals surface area contributed by atoms with E-state index in [2.05, 4.69) is 21.4 Å². The third-order valence-corrected chi connectivity index (χ3v) is 5.18. The summed E-state index contributed by atoms with van der Waals surface area (Å²) in [4.78, 5) is 34.1. The standard InChI is InChI=1S/C17H24N4O2.C2HF3O2/c1-3-9-21-16(22)6-4-7-17(21)8-5-10-20(12-17)14-11-15(23-2)19-13-18-14;3-2(4,5)1(6)7/h3,11,13H,1,4-10,12H2,2H3;(H,6,7). The lowest BCUT2D eigenvalue weighted by atomic mass is 9.79. The van der Waals surface area contributed by atoms with Crippen LogP contribution in [0.2, 0.25) is 0 Å². The topological polar surface area (TPSA) is 95.9 Å². The molecule has 2 saturated heterocycles. The van der Waals surface area contributed by atoms with Gasteiger partial charge in [-0.2, -0.15) is 13.2 Å². The third kappa shape index (κ3) is 5.61. The average molecular weight is 430 g/mol. The van der Waals surface area contributed by atoms with Crippen molar-refractivity contribution in [3.05, 3.63) is 25.0 Å². The quantitative estimate of drug-likeness (QED) is 0.734. The Balaban J connectivity index is 0.000000396. The smallest absolute Gasteiger partial charge is 0.481 e. The summed E-state index contributed by atoms with van der Waals surface area (Å²) < 4.78 is 36.9. The summed E-state index contributed by atoms with van der Waals surface area (Å²) in [5, 5.41) is 7.12. The van der Waals surface area contributed by atoms with Crippen LogP contribution in [0.15, 0.2) is 25.0 Å². The van der Waals surface area contributed by atoms with Gasteiger partial charge >= 0.3 is 12.1 Å². The van der Waals surface area contributed by atoms with Crippen LogP contribution in [0.5, 0.6) is 5.88 Å². The van der Waals surface area contributed by atoms with Gasteiger partial charge in [-0.05, 0) is 25.7 Å². The fourth-order valence-corrected chi connectivity index (χ4v) is 3.87. The van der Waals surface area contributed by atoms with Crippen LogP contribution in [0.25, 0.3) is 0 Å². The number of methoxy groups -OCH3 is 1. The van der Waals surface area contributed by atoms with Gasteiger partial charge in [0, 0.05) is 32.1 Å². The number of rotatable bonds is 4. The first-order valence-corrected chi connectivity index (χ1v) is 9.45. The number of carboxylic acids is 1. The van der Waals surface area contributed by atoms with Crippen molar-refractivity contribution in [3.8, 4) is 5.88 Å². The highest BCUT2D eigenvalue weighted by molar-refractivity contribution is 5.78. The Morgan fingerprint density at radius 1 is 1.37 bits per heavy atom. The van der Waals surface area contributed by atoms with Crippen LogP contribution in [-0.2, 0) is 9.59 Å². The van der Waals surface area contributed by atoms with E-state index in [0.717, 1.165) is 44.6 Å². The molecule has 0 radical (unpaired) electrons. The number of ether oxygens (including phenoxy) is 1. The van der Waals surface area contributed by atoms with E-state index in [1.807, 2.05) is 17.0 Å². The molecule has 1 N–H and O–H groups in total. The van der Waals surface area contributed by atoms with Crippen LogP contribution >= 0.6 is 0 Å². The molecule has 11 heteroatoms. The number of carbonyl (C=O) groups excluding carboxylic acids is 1. The number of halogens is 3. The lowest BCUT2D eigenvalue weighted by molar-refractivity contribution is -0.192. The molecule has 0 bridgehead atoms. The monoisotopic (exact) mass is 430 g/mol. The van der Waals surface area contributed by atoms with E-state index in [9.17, 15) is 18.0 Å². The number of hydrogen-bond acceptors (Lipinski definition) is 6. The first-order chi connectivity index (χ1) is 14.1. The third-order valence-electron chi connectivity index (χ3n) is 5.18. The van der Waals surface area contributed by atoms with Gasteiger partial charge in [0.1, 0.15) is 12.1 Å². The largest absolute Gasteiger partial charge is 0.490 e. The van der Waals surface area contributed by atoms with Crippen LogP contribution in [0.1, 0.15) is 32.1 Å². The summed E-state index contributed by atoms with van der Waals surface area (Å²) in [5.41, 5.74) is -0.0973. The number of nitrogens with zero attached hydrogens (tertiary/aromatic N) is 4. The number of amides is 1. The molecule has 1 aromatic heterocycles. The molecule has 1 atom stereocenters. The fraction of sp³-hybridized carbons (Fsp3) is 0.579. The van der Waals surface area contributed by atoms with Gasteiger partial charge < -0.3 is 19.6 Å². The van der Waals surface area contributed by atoms with Gasteiger partial charge in [-0.3, -0.25) is 4.79 Å². The summed E-state index contributed by atoms with van der Waals surface area (Å²) >= 11 is 0. The molecule has 0 aliphatic carbocycles. The maximum atomic E-state index is 12.4. The minimum absolute atomic E-state index is 0.0973. The zero-order chi connectivity index (χ0) is 22.4. The molecule has 3 heterocycles. The van der Waals surface area contributed by atoms with E-state index in [1.165, 1.54) is 6.33 Å². The Labute approximate surface area is 172 Å². The molecule has 0 saturated carbocycles. The van der Waals surface area contributed by atoms with Gasteiger partial charge in [-0.15, -0.1) is 6.58 Å². The Kier molecular flexibility index (Phi) is 7.63. The number of likely N-dealkylation sites (tertiary alicyclic amines) is 1. The highest BCUT2D eigenvalue weighted by Crippen LogP contribution is 2.38. The van der Waals surface area contributed by atoms with Crippen LogP contribution < -0.4 is 9.64 Å². The molecule has 30 heavy (non-hydrogen) atoms. The number of aliphatic carboxylic acids is 1. The molecule has 2 aliphatic heterocycles. The van der Waals surface area contributed by atoms with Gasteiger partial charge in [-0.25, -0.2) is 14.8 Å². The van der Waals surface area contributed by atoms with Gasteiger partial charge in [0.2, 0.25) is 11.8 Å². The van der Waals surface area contributed by atoms with E-state index >= 15 is 0 Å². The number of anilines is 1. The summed E-state index contributed by atoms with van der Waals surface area (Å²) in [6.45, 7) is 6.20. The van der Waals surface area contributed by atoms with Crippen LogP contribution in [0.3, 0.4) is 0 Å². The SMILES string of the molecule is C=CCN1C(=O)CCCC12CCCN(c1cc(OC)ncn1)C2.O=C(O)C(F)(F)F. The van der Waals surface area contributed by atoms with E-state index in [-0.39, 0.29) is 11.4 Å². The second-order valence-electron chi connectivity index (χ2n) is 7.12. The van der Waals surface area contributed by atoms with Crippen molar-refractivity contribution in [1.82, 2.24) is 14.9 Å². The lowest BCUT2D eigenvalue weighted by Gasteiger charge is -2.52. The molecule has 8 nitrogen and oxygen atoms in total. The Morgan fingerprint density at radius 2 is 2.03 bits per heavy atom. The predicted octanol–water partition coefficient (Wildman–Crippen LogP) is 2.66. The predicted molar refractivity (Wildman–Crippen MR) is 102 cm³/mol. The molecule has 2 aliphatic rings. The average Bonchev–Trinajstić information content (AvgIpc) is 2.71. The zero-order valence-corrected chi connectivity index (χ0v) is 16.7.